The second-order valence-electron chi connectivity index (χ2n) is 3.18. The molecule has 14 heavy (non-hydrogen) atoms. The van der Waals surface area contributed by atoms with Crippen LogP contribution in [0.1, 0.15) is 21.5 Å². The van der Waals surface area contributed by atoms with Crippen LogP contribution in [0.25, 0.3) is 0 Å². The van der Waals surface area contributed by atoms with Gasteiger partial charge in [-0.05, 0) is 31.0 Å². The van der Waals surface area contributed by atoms with Gasteiger partial charge in [-0.3, -0.25) is 9.59 Å². The van der Waals surface area contributed by atoms with E-state index >= 15 is 0 Å². The van der Waals surface area contributed by atoms with E-state index in [1.807, 2.05) is 19.9 Å². The summed E-state index contributed by atoms with van der Waals surface area (Å²) in [6.07, 6.45) is 0. The Morgan fingerprint density at radius 1 is 1.21 bits per heavy atom. The Morgan fingerprint density at radius 3 is 2.36 bits per heavy atom. The molecule has 0 fully saturated rings. The number of ketones is 2. The first kappa shape index (κ1) is 11.1. The van der Waals surface area contributed by atoms with Crippen LogP contribution in [0.2, 0.25) is 0 Å². The molecule has 0 heterocycles. The van der Waals surface area contributed by atoms with Crippen molar-refractivity contribution in [2.45, 2.75) is 13.8 Å². The maximum absolute atomic E-state index is 11.5. The molecule has 1 rings (SSSR count). The maximum Gasteiger partial charge on any atom is 0.229 e. The molecule has 0 aliphatic carbocycles. The first-order valence-corrected chi connectivity index (χ1v) is 5.39. The van der Waals surface area contributed by atoms with Gasteiger partial charge >= 0.3 is 0 Å². The standard InChI is InChI=1S/C11H11BrO2/c1-7-3-4-9(5-8(7)2)11(14)10(13)6-12/h3-5H,6H2,1-2H3. The zero-order valence-corrected chi connectivity index (χ0v) is 9.72. The van der Waals surface area contributed by atoms with Crippen molar-refractivity contribution in [3.63, 3.8) is 0 Å². The Morgan fingerprint density at radius 2 is 1.86 bits per heavy atom. The van der Waals surface area contributed by atoms with Crippen molar-refractivity contribution in [2.75, 3.05) is 5.33 Å². The van der Waals surface area contributed by atoms with Crippen LogP contribution >= 0.6 is 15.9 Å². The molecular weight excluding hydrogens is 244 g/mol. The number of Topliss-reactive ketones (excluding diaryl/α,β-unsaturated/α-hetero) is 2. The smallest absolute Gasteiger partial charge is 0.229 e. The second-order valence-corrected chi connectivity index (χ2v) is 3.75. The van der Waals surface area contributed by atoms with Crippen LogP contribution < -0.4 is 0 Å². The van der Waals surface area contributed by atoms with E-state index < -0.39 is 11.6 Å². The summed E-state index contributed by atoms with van der Waals surface area (Å²) < 4.78 is 0. The number of benzene rings is 1. The molecule has 0 aromatic heterocycles. The Hall–Kier alpha value is -0.960. The highest BCUT2D eigenvalue weighted by atomic mass is 79.9. The van der Waals surface area contributed by atoms with Crippen molar-refractivity contribution < 1.29 is 9.59 Å². The molecule has 0 bridgehead atoms. The predicted octanol–water partition coefficient (Wildman–Crippen LogP) is 2.45. The predicted molar refractivity (Wildman–Crippen MR) is 59.0 cm³/mol. The Labute approximate surface area is 91.4 Å². The van der Waals surface area contributed by atoms with Gasteiger partial charge in [-0.15, -0.1) is 0 Å². The molecule has 0 radical (unpaired) electrons. The number of carbonyl (C=O) groups is 2. The number of halogens is 1. The first-order valence-electron chi connectivity index (χ1n) is 4.27. The van der Waals surface area contributed by atoms with Crippen molar-refractivity contribution in [1.29, 1.82) is 0 Å². The summed E-state index contributed by atoms with van der Waals surface area (Å²) in [5, 5.41) is 0.0821. The van der Waals surface area contributed by atoms with Gasteiger partial charge in [0.15, 0.2) is 0 Å². The van der Waals surface area contributed by atoms with Crippen LogP contribution in [0.5, 0.6) is 0 Å². The summed E-state index contributed by atoms with van der Waals surface area (Å²) in [5.41, 5.74) is 2.61. The molecule has 0 atom stereocenters. The van der Waals surface area contributed by atoms with Gasteiger partial charge in [-0.25, -0.2) is 0 Å². The Kier molecular flexibility index (Phi) is 3.58. The van der Waals surface area contributed by atoms with Crippen LogP contribution in [-0.2, 0) is 4.79 Å². The largest absolute Gasteiger partial charge is 0.290 e. The highest BCUT2D eigenvalue weighted by molar-refractivity contribution is 9.09. The van der Waals surface area contributed by atoms with E-state index in [2.05, 4.69) is 15.9 Å². The summed E-state index contributed by atoms with van der Waals surface area (Å²) in [6.45, 7) is 3.89. The fraction of sp³-hybridized carbons (Fsp3) is 0.273. The van der Waals surface area contributed by atoms with Crippen molar-refractivity contribution in [2.24, 2.45) is 0 Å². The molecule has 1 aromatic rings. The van der Waals surface area contributed by atoms with E-state index in [0.29, 0.717) is 5.56 Å². The fourth-order valence-electron chi connectivity index (χ4n) is 1.10. The molecular formula is C11H11BrO2. The monoisotopic (exact) mass is 254 g/mol. The van der Waals surface area contributed by atoms with Crippen LogP contribution in [0.3, 0.4) is 0 Å². The van der Waals surface area contributed by atoms with Crippen LogP contribution in [0.15, 0.2) is 18.2 Å². The van der Waals surface area contributed by atoms with Gasteiger partial charge in [0.2, 0.25) is 11.6 Å². The number of aryl methyl sites for hydroxylation is 2. The molecule has 0 N–H and O–H groups in total. The quantitative estimate of drug-likeness (QED) is 0.472. The summed E-state index contributed by atoms with van der Waals surface area (Å²) in [5.74, 6) is -0.835. The molecule has 0 spiro atoms. The number of hydrogen-bond donors (Lipinski definition) is 0. The zero-order valence-electron chi connectivity index (χ0n) is 8.13. The Balaban J connectivity index is 3.03. The summed E-state index contributed by atoms with van der Waals surface area (Å²) in [4.78, 5) is 22.6. The lowest BCUT2D eigenvalue weighted by Crippen LogP contribution is -2.15. The lowest BCUT2D eigenvalue weighted by Gasteiger charge is -2.02. The molecule has 2 nitrogen and oxygen atoms in total. The SMILES string of the molecule is Cc1ccc(C(=O)C(=O)CBr)cc1C. The zero-order chi connectivity index (χ0) is 10.7. The molecule has 74 valence electrons. The van der Waals surface area contributed by atoms with Gasteiger partial charge in [-0.2, -0.15) is 0 Å². The number of rotatable bonds is 3. The van der Waals surface area contributed by atoms with E-state index in [0.717, 1.165) is 11.1 Å². The van der Waals surface area contributed by atoms with Gasteiger partial charge in [0.05, 0.1) is 5.33 Å². The highest BCUT2D eigenvalue weighted by Gasteiger charge is 2.14. The van der Waals surface area contributed by atoms with Crippen LogP contribution in [0.4, 0.5) is 0 Å². The first-order chi connectivity index (χ1) is 6.56. The molecule has 3 heteroatoms. The van der Waals surface area contributed by atoms with Crippen molar-refractivity contribution in [1.82, 2.24) is 0 Å². The third-order valence-corrected chi connectivity index (χ3v) is 2.65. The summed E-state index contributed by atoms with van der Waals surface area (Å²) in [7, 11) is 0. The number of carbonyl (C=O) groups excluding carboxylic acids is 2. The molecule has 1 aromatic carbocycles. The average molecular weight is 255 g/mol. The van der Waals surface area contributed by atoms with Crippen molar-refractivity contribution in [3.8, 4) is 0 Å². The third kappa shape index (κ3) is 2.29. The minimum Gasteiger partial charge on any atom is -0.290 e. The van der Waals surface area contributed by atoms with E-state index in [9.17, 15) is 9.59 Å². The third-order valence-electron chi connectivity index (χ3n) is 2.14. The minimum atomic E-state index is -0.426. The lowest BCUT2D eigenvalue weighted by atomic mass is 10.0. The Bertz CT molecular complexity index is 383. The highest BCUT2D eigenvalue weighted by Crippen LogP contribution is 2.10. The van der Waals surface area contributed by atoms with Crippen LogP contribution in [-0.4, -0.2) is 16.9 Å². The van der Waals surface area contributed by atoms with Gasteiger partial charge in [0.25, 0.3) is 0 Å². The molecule has 0 saturated carbocycles. The number of alkyl halides is 1. The average Bonchev–Trinajstić information content (AvgIpc) is 2.20. The maximum atomic E-state index is 11.5. The molecule has 0 aliphatic rings. The fourth-order valence-corrected chi connectivity index (χ4v) is 1.36. The lowest BCUT2D eigenvalue weighted by molar-refractivity contribution is -0.112. The molecule has 0 aliphatic heterocycles. The normalized spacial score (nSPS) is 9.93. The summed E-state index contributed by atoms with van der Waals surface area (Å²) in [6, 6.07) is 5.29. The molecule has 0 amide bonds. The van der Waals surface area contributed by atoms with Gasteiger partial charge in [-0.1, -0.05) is 28.1 Å². The van der Waals surface area contributed by atoms with Gasteiger partial charge < -0.3 is 0 Å². The van der Waals surface area contributed by atoms with Gasteiger partial charge in [0.1, 0.15) is 0 Å². The number of hydrogen-bond acceptors (Lipinski definition) is 2. The van der Waals surface area contributed by atoms with Crippen LogP contribution in [0, 0.1) is 13.8 Å². The van der Waals surface area contributed by atoms with E-state index in [1.165, 1.54) is 0 Å². The second kappa shape index (κ2) is 4.51. The van der Waals surface area contributed by atoms with Crippen molar-refractivity contribution >= 4 is 27.5 Å². The summed E-state index contributed by atoms with van der Waals surface area (Å²) >= 11 is 2.98. The molecule has 0 unspecified atom stereocenters. The van der Waals surface area contributed by atoms with E-state index in [4.69, 9.17) is 0 Å². The van der Waals surface area contributed by atoms with E-state index in [-0.39, 0.29) is 5.33 Å². The topological polar surface area (TPSA) is 34.1 Å². The van der Waals surface area contributed by atoms with Gasteiger partial charge in [0, 0.05) is 5.56 Å². The van der Waals surface area contributed by atoms with E-state index in [1.54, 1.807) is 12.1 Å². The minimum absolute atomic E-state index is 0.0821. The van der Waals surface area contributed by atoms with Crippen molar-refractivity contribution in [3.05, 3.63) is 34.9 Å². The molecule has 0 saturated heterocycles.